The van der Waals surface area contributed by atoms with Crippen molar-refractivity contribution in [3.05, 3.63) is 60.3 Å². The van der Waals surface area contributed by atoms with E-state index in [-0.39, 0.29) is 23.6 Å². The number of hydrogen-bond acceptors (Lipinski definition) is 5. The molecule has 0 bridgehead atoms. The molecular weight excluding hydrogens is 410 g/mol. The van der Waals surface area contributed by atoms with E-state index in [9.17, 15) is 4.79 Å². The zero-order valence-corrected chi connectivity index (χ0v) is 18.6. The minimum atomic E-state index is -0.110. The molecule has 1 amide bonds. The quantitative estimate of drug-likeness (QED) is 0.517. The van der Waals surface area contributed by atoms with Gasteiger partial charge in [-0.3, -0.25) is 4.79 Å². The SMILES string of the molecule is CC(C)C(NC(=O)CSc1ncc(-c2ccccc2)[nH]1)c1ccc2c(c1)OCCCO2. The Morgan fingerprint density at radius 3 is 2.68 bits per heavy atom. The van der Waals surface area contributed by atoms with Crippen molar-refractivity contribution in [1.82, 2.24) is 15.3 Å². The summed E-state index contributed by atoms with van der Waals surface area (Å²) in [6, 6.07) is 15.8. The predicted molar refractivity (Wildman–Crippen MR) is 123 cm³/mol. The van der Waals surface area contributed by atoms with Gasteiger partial charge in [0.25, 0.3) is 0 Å². The standard InChI is InChI=1S/C24H27N3O3S/c1-16(2)23(18-9-10-20-21(13-18)30-12-6-11-29-20)27-22(28)15-31-24-25-14-19(26-24)17-7-4-3-5-8-17/h3-5,7-10,13-14,16,23H,6,11-12,15H2,1-2H3,(H,25,26)(H,27,28). The molecule has 3 aromatic rings. The molecule has 0 saturated heterocycles. The monoisotopic (exact) mass is 437 g/mol. The predicted octanol–water partition coefficient (Wildman–Crippen LogP) is 4.84. The summed E-state index contributed by atoms with van der Waals surface area (Å²) < 4.78 is 11.5. The maximum Gasteiger partial charge on any atom is 0.230 e. The Hall–Kier alpha value is -2.93. The first-order chi connectivity index (χ1) is 15.1. The molecule has 4 rings (SSSR count). The van der Waals surface area contributed by atoms with Crippen molar-refractivity contribution in [2.45, 2.75) is 31.5 Å². The third-order valence-electron chi connectivity index (χ3n) is 5.09. The average Bonchev–Trinajstić information content (AvgIpc) is 3.14. The summed E-state index contributed by atoms with van der Waals surface area (Å²) in [7, 11) is 0. The number of H-pyrrole nitrogens is 1. The average molecular weight is 438 g/mol. The van der Waals surface area contributed by atoms with Gasteiger partial charge in [-0.1, -0.05) is 62.0 Å². The fourth-order valence-electron chi connectivity index (χ4n) is 3.50. The maximum atomic E-state index is 12.7. The minimum absolute atomic E-state index is 0.0338. The number of aromatic nitrogens is 2. The number of aromatic amines is 1. The fraction of sp³-hybridized carbons (Fsp3) is 0.333. The second kappa shape index (κ2) is 9.92. The second-order valence-corrected chi connectivity index (χ2v) is 8.77. The first-order valence-electron chi connectivity index (χ1n) is 10.5. The Kier molecular flexibility index (Phi) is 6.82. The number of amides is 1. The van der Waals surface area contributed by atoms with Gasteiger partial charge in [-0.2, -0.15) is 0 Å². The number of hydrogen-bond donors (Lipinski definition) is 2. The highest BCUT2D eigenvalue weighted by Gasteiger charge is 2.21. The van der Waals surface area contributed by atoms with Crippen LogP contribution < -0.4 is 14.8 Å². The van der Waals surface area contributed by atoms with E-state index in [1.807, 2.05) is 48.5 Å². The maximum absolute atomic E-state index is 12.7. The van der Waals surface area contributed by atoms with E-state index in [0.29, 0.717) is 13.2 Å². The number of carbonyl (C=O) groups is 1. The summed E-state index contributed by atoms with van der Waals surface area (Å²) in [5, 5.41) is 3.89. The molecule has 1 aromatic heterocycles. The Balaban J connectivity index is 1.38. The first kappa shape index (κ1) is 21.3. The molecular formula is C24H27N3O3S. The Morgan fingerprint density at radius 1 is 1.13 bits per heavy atom. The summed E-state index contributed by atoms with van der Waals surface area (Å²) in [4.78, 5) is 20.4. The molecule has 2 heterocycles. The van der Waals surface area contributed by atoms with Gasteiger partial charge in [0.15, 0.2) is 16.7 Å². The normalized spacial score (nSPS) is 14.2. The topological polar surface area (TPSA) is 76.2 Å². The number of thioether (sulfide) groups is 1. The Morgan fingerprint density at radius 2 is 1.90 bits per heavy atom. The molecule has 0 spiro atoms. The zero-order chi connectivity index (χ0) is 21.6. The van der Waals surface area contributed by atoms with E-state index in [2.05, 4.69) is 29.1 Å². The van der Waals surface area contributed by atoms with Crippen LogP contribution in [-0.4, -0.2) is 34.8 Å². The van der Waals surface area contributed by atoms with Gasteiger partial charge in [0.05, 0.1) is 36.9 Å². The Bertz CT molecular complexity index is 1020. The molecule has 0 fully saturated rings. The van der Waals surface area contributed by atoms with Crippen molar-refractivity contribution in [3.8, 4) is 22.8 Å². The highest BCUT2D eigenvalue weighted by Crippen LogP contribution is 2.34. The lowest BCUT2D eigenvalue weighted by molar-refractivity contribution is -0.119. The molecule has 0 radical (unpaired) electrons. The van der Waals surface area contributed by atoms with Crippen LogP contribution in [0.2, 0.25) is 0 Å². The lowest BCUT2D eigenvalue weighted by atomic mass is 9.95. The van der Waals surface area contributed by atoms with Crippen molar-refractivity contribution in [3.63, 3.8) is 0 Å². The third-order valence-corrected chi connectivity index (χ3v) is 5.98. The van der Waals surface area contributed by atoms with Gasteiger partial charge in [-0.25, -0.2) is 4.98 Å². The smallest absolute Gasteiger partial charge is 0.230 e. The van der Waals surface area contributed by atoms with Crippen molar-refractivity contribution < 1.29 is 14.3 Å². The minimum Gasteiger partial charge on any atom is -0.490 e. The van der Waals surface area contributed by atoms with Crippen LogP contribution in [0.5, 0.6) is 11.5 Å². The van der Waals surface area contributed by atoms with Gasteiger partial charge in [0.1, 0.15) is 0 Å². The number of imidazole rings is 1. The number of rotatable bonds is 7. The lowest BCUT2D eigenvalue weighted by Crippen LogP contribution is -2.33. The van der Waals surface area contributed by atoms with Gasteiger partial charge in [-0.05, 0) is 29.2 Å². The van der Waals surface area contributed by atoms with Crippen LogP contribution in [0, 0.1) is 5.92 Å². The number of benzene rings is 2. The zero-order valence-electron chi connectivity index (χ0n) is 17.8. The Labute approximate surface area is 186 Å². The van der Waals surface area contributed by atoms with Crippen molar-refractivity contribution >= 4 is 17.7 Å². The molecule has 2 N–H and O–H groups in total. The molecule has 1 atom stereocenters. The molecule has 0 saturated carbocycles. The molecule has 1 unspecified atom stereocenters. The number of fused-ring (bicyclic) bond motifs is 1. The third kappa shape index (κ3) is 5.41. The van der Waals surface area contributed by atoms with Crippen LogP contribution in [0.25, 0.3) is 11.3 Å². The van der Waals surface area contributed by atoms with Crippen molar-refractivity contribution in [2.24, 2.45) is 5.92 Å². The van der Waals surface area contributed by atoms with E-state index in [4.69, 9.17) is 9.47 Å². The van der Waals surface area contributed by atoms with Crippen LogP contribution >= 0.6 is 11.8 Å². The van der Waals surface area contributed by atoms with Gasteiger partial charge < -0.3 is 19.8 Å². The second-order valence-electron chi connectivity index (χ2n) is 7.80. The van der Waals surface area contributed by atoms with Gasteiger partial charge >= 0.3 is 0 Å². The molecule has 7 heteroatoms. The van der Waals surface area contributed by atoms with Crippen LogP contribution in [0.3, 0.4) is 0 Å². The molecule has 162 valence electrons. The van der Waals surface area contributed by atoms with Gasteiger partial charge in [0, 0.05) is 6.42 Å². The van der Waals surface area contributed by atoms with E-state index >= 15 is 0 Å². The van der Waals surface area contributed by atoms with E-state index < -0.39 is 0 Å². The van der Waals surface area contributed by atoms with Crippen LogP contribution in [0.4, 0.5) is 0 Å². The number of nitrogens with zero attached hydrogens (tertiary/aromatic N) is 1. The molecule has 1 aliphatic rings. The lowest BCUT2D eigenvalue weighted by Gasteiger charge is -2.23. The van der Waals surface area contributed by atoms with Crippen molar-refractivity contribution in [2.75, 3.05) is 19.0 Å². The number of nitrogens with one attached hydrogen (secondary N) is 2. The summed E-state index contributed by atoms with van der Waals surface area (Å²) in [5.41, 5.74) is 3.03. The molecule has 0 aliphatic carbocycles. The highest BCUT2D eigenvalue weighted by atomic mass is 32.2. The molecule has 6 nitrogen and oxygen atoms in total. The van der Waals surface area contributed by atoms with Crippen molar-refractivity contribution in [1.29, 1.82) is 0 Å². The molecule has 1 aliphatic heterocycles. The van der Waals surface area contributed by atoms with Gasteiger partial charge in [0.2, 0.25) is 5.91 Å². The van der Waals surface area contributed by atoms with Crippen LogP contribution in [0.15, 0.2) is 59.9 Å². The molecule has 2 aromatic carbocycles. The summed E-state index contributed by atoms with van der Waals surface area (Å²) in [6.07, 6.45) is 2.66. The highest BCUT2D eigenvalue weighted by molar-refractivity contribution is 7.99. The number of carbonyl (C=O) groups excluding carboxylic acids is 1. The van der Waals surface area contributed by atoms with E-state index in [1.54, 1.807) is 6.20 Å². The van der Waals surface area contributed by atoms with Crippen LogP contribution in [-0.2, 0) is 4.79 Å². The van der Waals surface area contributed by atoms with Gasteiger partial charge in [-0.15, -0.1) is 0 Å². The van der Waals surface area contributed by atoms with E-state index in [0.717, 1.165) is 39.9 Å². The largest absolute Gasteiger partial charge is 0.490 e. The first-order valence-corrected chi connectivity index (χ1v) is 11.5. The summed E-state index contributed by atoms with van der Waals surface area (Å²) >= 11 is 1.40. The fourth-order valence-corrected chi connectivity index (χ4v) is 4.16. The van der Waals surface area contributed by atoms with Crippen LogP contribution in [0.1, 0.15) is 31.9 Å². The summed E-state index contributed by atoms with van der Waals surface area (Å²) in [6.45, 7) is 5.49. The molecule has 31 heavy (non-hydrogen) atoms. The van der Waals surface area contributed by atoms with E-state index in [1.165, 1.54) is 11.8 Å². The summed E-state index contributed by atoms with van der Waals surface area (Å²) in [5.74, 6) is 1.99. The number of ether oxygens (including phenoxy) is 2.